The molecule has 6 heterocycles. The van der Waals surface area contributed by atoms with Crippen LogP contribution in [0.1, 0.15) is 64.9 Å². The van der Waals surface area contributed by atoms with Crippen molar-refractivity contribution < 1.29 is 23.5 Å². The molecule has 6 aromatic rings. The molecule has 0 spiro atoms. The fraction of sp³-hybridized carbons (Fsp3) is 0.293. The van der Waals surface area contributed by atoms with Crippen LogP contribution in [0, 0.1) is 11.8 Å². The van der Waals surface area contributed by atoms with Gasteiger partial charge < -0.3 is 19.4 Å². The highest BCUT2D eigenvalue weighted by Crippen LogP contribution is 2.37. The molecule has 278 valence electrons. The van der Waals surface area contributed by atoms with E-state index < -0.39 is 11.8 Å². The number of imidazole rings is 1. The SMILES string of the molecule is CN(c1cnc(-c2ccc(C(=O)NCC#Cc3cc4c(C5CCC(=O)NC5=O)cccc4o3)nc2)nc1)c1cc(C2CCOCC2)c2c(c1)n(C)c(=O)n2C. The Hall–Kier alpha value is -6.59. The number of furan rings is 1. The normalized spacial score (nSPS) is 16.2. The first-order valence-corrected chi connectivity index (χ1v) is 18.1. The lowest BCUT2D eigenvalue weighted by Crippen LogP contribution is -2.39. The molecule has 4 aromatic heterocycles. The van der Waals surface area contributed by atoms with Gasteiger partial charge in [-0.05, 0) is 72.6 Å². The number of hydrogen-bond donors (Lipinski definition) is 2. The minimum Gasteiger partial charge on any atom is -0.448 e. The molecule has 0 radical (unpaired) electrons. The zero-order valence-corrected chi connectivity index (χ0v) is 30.6. The first-order valence-electron chi connectivity index (χ1n) is 18.1. The highest BCUT2D eigenvalue weighted by molar-refractivity contribution is 6.03. The highest BCUT2D eigenvalue weighted by atomic mass is 16.5. The third-order valence-electron chi connectivity index (χ3n) is 10.5. The van der Waals surface area contributed by atoms with Crippen LogP contribution in [0.2, 0.25) is 0 Å². The number of imide groups is 1. The Morgan fingerprint density at radius 3 is 2.49 bits per heavy atom. The average molecular weight is 739 g/mol. The second-order valence-electron chi connectivity index (χ2n) is 13.8. The lowest BCUT2D eigenvalue weighted by atomic mass is 9.88. The predicted octanol–water partition coefficient (Wildman–Crippen LogP) is 4.44. The number of carbonyl (C=O) groups excluding carboxylic acids is 3. The van der Waals surface area contributed by atoms with Gasteiger partial charge in [0.05, 0.1) is 41.6 Å². The van der Waals surface area contributed by atoms with Crippen LogP contribution in [0.4, 0.5) is 11.4 Å². The Labute approximate surface area is 315 Å². The number of pyridine rings is 1. The standard InChI is InChI=1S/C41H38N8O6/c1-47(26-18-31(24-13-16-54-17-14-24)37-34(19-26)48(2)41(53)49(37)3)27-22-44-38(45-23-27)25-9-11-33(43-21-25)40(52)42-15-5-6-28-20-32-29(7-4-8-35(32)55-28)30-10-12-36(50)46-39(30)51/h4,7-9,11,18-24,30H,10,12-17H2,1-3H3,(H,42,52)(H,46,50,51). The Balaban J connectivity index is 0.919. The summed E-state index contributed by atoms with van der Waals surface area (Å²) in [5.74, 6) is 5.55. The van der Waals surface area contributed by atoms with E-state index in [0.29, 0.717) is 42.4 Å². The van der Waals surface area contributed by atoms with E-state index in [4.69, 9.17) is 9.15 Å². The lowest BCUT2D eigenvalue weighted by Gasteiger charge is -2.26. The zero-order valence-electron chi connectivity index (χ0n) is 30.6. The third kappa shape index (κ3) is 6.86. The highest BCUT2D eigenvalue weighted by Gasteiger charge is 2.30. The molecule has 8 rings (SSSR count). The maximum atomic E-state index is 12.9. The number of anilines is 2. The summed E-state index contributed by atoms with van der Waals surface area (Å²) in [6, 6.07) is 14.8. The van der Waals surface area contributed by atoms with Gasteiger partial charge in [-0.15, -0.1) is 0 Å². The Bertz CT molecular complexity index is 2590. The largest absolute Gasteiger partial charge is 0.448 e. The molecule has 0 saturated carbocycles. The molecule has 0 bridgehead atoms. The van der Waals surface area contributed by atoms with Gasteiger partial charge in [-0.25, -0.2) is 14.8 Å². The molecule has 2 N–H and O–H groups in total. The van der Waals surface area contributed by atoms with E-state index in [0.717, 1.165) is 51.8 Å². The molecule has 2 saturated heterocycles. The summed E-state index contributed by atoms with van der Waals surface area (Å²) in [6.07, 6.45) is 7.54. The quantitative estimate of drug-likeness (QED) is 0.177. The van der Waals surface area contributed by atoms with Crippen LogP contribution in [0.3, 0.4) is 0 Å². The van der Waals surface area contributed by atoms with E-state index in [-0.39, 0.29) is 42.1 Å². The van der Waals surface area contributed by atoms with Crippen molar-refractivity contribution in [1.82, 2.24) is 34.7 Å². The minimum absolute atomic E-state index is 0.0570. The number of nitrogens with zero attached hydrogens (tertiary/aromatic N) is 6. The number of amides is 3. The maximum absolute atomic E-state index is 12.9. The van der Waals surface area contributed by atoms with Crippen molar-refractivity contribution in [3.63, 3.8) is 0 Å². The molecule has 3 amide bonds. The second kappa shape index (κ2) is 14.7. The smallest absolute Gasteiger partial charge is 0.328 e. The summed E-state index contributed by atoms with van der Waals surface area (Å²) in [5.41, 5.74) is 6.81. The van der Waals surface area contributed by atoms with E-state index in [1.54, 1.807) is 59.0 Å². The van der Waals surface area contributed by atoms with Crippen LogP contribution in [0.15, 0.2) is 76.3 Å². The summed E-state index contributed by atoms with van der Waals surface area (Å²) < 4.78 is 14.9. The fourth-order valence-corrected chi connectivity index (χ4v) is 7.42. The number of nitrogens with one attached hydrogen (secondary N) is 2. The van der Waals surface area contributed by atoms with Gasteiger partial charge in [0.25, 0.3) is 5.91 Å². The van der Waals surface area contributed by atoms with Crippen LogP contribution in [-0.2, 0) is 28.4 Å². The molecule has 2 aliphatic rings. The summed E-state index contributed by atoms with van der Waals surface area (Å²) >= 11 is 0. The molecule has 14 heteroatoms. The van der Waals surface area contributed by atoms with Crippen molar-refractivity contribution in [3.8, 4) is 23.2 Å². The van der Waals surface area contributed by atoms with Crippen molar-refractivity contribution >= 4 is 51.1 Å². The van der Waals surface area contributed by atoms with Gasteiger partial charge in [-0.1, -0.05) is 18.1 Å². The Morgan fingerprint density at radius 2 is 1.75 bits per heavy atom. The molecule has 2 fully saturated rings. The number of fused-ring (bicyclic) bond motifs is 2. The molecule has 0 aliphatic carbocycles. The first kappa shape index (κ1) is 35.4. The Morgan fingerprint density at radius 1 is 0.945 bits per heavy atom. The number of aryl methyl sites for hydroxylation is 2. The van der Waals surface area contributed by atoms with Crippen LogP contribution in [-0.4, -0.2) is 68.6 Å². The lowest BCUT2D eigenvalue weighted by molar-refractivity contribution is -0.134. The van der Waals surface area contributed by atoms with Gasteiger partial charge >= 0.3 is 5.69 Å². The molecule has 2 aliphatic heterocycles. The molecular weight excluding hydrogens is 701 g/mol. The number of ether oxygens (including phenoxy) is 1. The number of aromatic nitrogens is 5. The molecular formula is C41H38N8O6. The van der Waals surface area contributed by atoms with Gasteiger partial charge in [-0.2, -0.15) is 0 Å². The van der Waals surface area contributed by atoms with E-state index in [1.165, 1.54) is 0 Å². The first-order chi connectivity index (χ1) is 26.7. The number of carbonyl (C=O) groups is 3. The molecule has 2 aromatic carbocycles. The van der Waals surface area contributed by atoms with Crippen molar-refractivity contribution in [3.05, 3.63) is 100 Å². The van der Waals surface area contributed by atoms with E-state index in [1.807, 2.05) is 37.2 Å². The van der Waals surface area contributed by atoms with Crippen molar-refractivity contribution in [2.24, 2.45) is 14.1 Å². The van der Waals surface area contributed by atoms with Gasteiger partial charge in [0.2, 0.25) is 11.8 Å². The molecule has 55 heavy (non-hydrogen) atoms. The predicted molar refractivity (Wildman–Crippen MR) is 205 cm³/mol. The average Bonchev–Trinajstić information content (AvgIpc) is 3.73. The molecule has 1 unspecified atom stereocenters. The monoisotopic (exact) mass is 738 g/mol. The number of rotatable bonds is 7. The summed E-state index contributed by atoms with van der Waals surface area (Å²) in [4.78, 5) is 65.3. The van der Waals surface area contributed by atoms with Crippen molar-refractivity contribution in [2.75, 3.05) is 31.7 Å². The van der Waals surface area contributed by atoms with Crippen molar-refractivity contribution in [1.29, 1.82) is 0 Å². The van der Waals surface area contributed by atoms with Crippen LogP contribution >= 0.6 is 0 Å². The van der Waals surface area contributed by atoms with Gasteiger partial charge in [0, 0.05) is 69.7 Å². The Kier molecular flexibility index (Phi) is 9.46. The zero-order chi connectivity index (χ0) is 38.2. The topological polar surface area (TPSA) is 166 Å². The third-order valence-corrected chi connectivity index (χ3v) is 10.5. The van der Waals surface area contributed by atoms with Gasteiger partial charge in [0.15, 0.2) is 11.6 Å². The maximum Gasteiger partial charge on any atom is 0.328 e. The van der Waals surface area contributed by atoms with Crippen LogP contribution in [0.5, 0.6) is 0 Å². The van der Waals surface area contributed by atoms with E-state index >= 15 is 0 Å². The summed E-state index contributed by atoms with van der Waals surface area (Å²) in [7, 11) is 5.57. The molecule has 1 atom stereocenters. The summed E-state index contributed by atoms with van der Waals surface area (Å²) in [5, 5.41) is 5.92. The van der Waals surface area contributed by atoms with Gasteiger partial charge in [-0.3, -0.25) is 33.8 Å². The summed E-state index contributed by atoms with van der Waals surface area (Å²) in [6.45, 7) is 1.45. The van der Waals surface area contributed by atoms with E-state index in [2.05, 4.69) is 43.5 Å². The fourth-order valence-electron chi connectivity index (χ4n) is 7.42. The van der Waals surface area contributed by atoms with Crippen LogP contribution < -0.4 is 21.2 Å². The molecule has 14 nitrogen and oxygen atoms in total. The number of piperidine rings is 1. The van der Waals surface area contributed by atoms with Crippen LogP contribution in [0.25, 0.3) is 33.4 Å². The van der Waals surface area contributed by atoms with Crippen molar-refractivity contribution in [2.45, 2.75) is 37.5 Å². The number of hydrogen-bond acceptors (Lipinski definition) is 10. The second-order valence-corrected chi connectivity index (χ2v) is 13.8. The number of benzene rings is 2. The van der Waals surface area contributed by atoms with Gasteiger partial charge in [0.1, 0.15) is 11.3 Å². The minimum atomic E-state index is -0.442. The van der Waals surface area contributed by atoms with E-state index in [9.17, 15) is 19.2 Å².